The SMILES string of the molecule is CCCCC(c1ccccc1)(c1ccccc1)[c-]1cc(C)c(C)c1.[Cl-].[Cl-].[Cl-].[Ti+4]. The van der Waals surface area contributed by atoms with E-state index in [2.05, 4.69) is 93.6 Å². The maximum atomic E-state index is 2.39. The van der Waals surface area contributed by atoms with Crippen LogP contribution in [0.5, 0.6) is 0 Å². The molecule has 4 heteroatoms. The fraction of sp³-hybridized carbons (Fsp3) is 0.292. The van der Waals surface area contributed by atoms with Gasteiger partial charge in [0.2, 0.25) is 0 Å². The van der Waals surface area contributed by atoms with Crippen molar-refractivity contribution in [3.63, 3.8) is 0 Å². The van der Waals surface area contributed by atoms with Gasteiger partial charge >= 0.3 is 21.7 Å². The van der Waals surface area contributed by atoms with Gasteiger partial charge in [-0.15, -0.1) is 5.56 Å². The third kappa shape index (κ3) is 5.94. The average Bonchev–Trinajstić information content (AvgIpc) is 2.97. The van der Waals surface area contributed by atoms with Crippen LogP contribution in [0.25, 0.3) is 0 Å². The van der Waals surface area contributed by atoms with Crippen LogP contribution in [0.3, 0.4) is 0 Å². The summed E-state index contributed by atoms with van der Waals surface area (Å²) in [4.78, 5) is 0. The smallest absolute Gasteiger partial charge is 1.00 e. The molecule has 3 aromatic carbocycles. The second-order valence-electron chi connectivity index (χ2n) is 6.85. The molecular formula is C24H27Cl3Ti. The van der Waals surface area contributed by atoms with Crippen LogP contribution in [-0.2, 0) is 27.1 Å². The minimum atomic E-state index is -0.0580. The van der Waals surface area contributed by atoms with Gasteiger partial charge in [0, 0.05) is 5.41 Å². The molecule has 0 aliphatic carbocycles. The first-order valence-corrected chi connectivity index (χ1v) is 9.04. The molecule has 28 heavy (non-hydrogen) atoms. The van der Waals surface area contributed by atoms with Gasteiger partial charge in [0.25, 0.3) is 0 Å². The molecule has 0 radical (unpaired) electrons. The molecule has 0 atom stereocenters. The number of benzene rings is 2. The van der Waals surface area contributed by atoms with Crippen molar-refractivity contribution in [3.8, 4) is 0 Å². The van der Waals surface area contributed by atoms with Gasteiger partial charge in [-0.1, -0.05) is 94.3 Å². The molecule has 0 saturated heterocycles. The molecule has 0 aromatic heterocycles. The van der Waals surface area contributed by atoms with Crippen molar-refractivity contribution >= 4 is 0 Å². The van der Waals surface area contributed by atoms with Crippen molar-refractivity contribution in [1.29, 1.82) is 0 Å². The third-order valence-corrected chi connectivity index (χ3v) is 5.30. The Morgan fingerprint density at radius 3 is 1.46 bits per heavy atom. The molecule has 3 aromatic rings. The second kappa shape index (κ2) is 13.6. The predicted octanol–water partition coefficient (Wildman–Crippen LogP) is -2.44. The minimum absolute atomic E-state index is 0. The van der Waals surface area contributed by atoms with Crippen LogP contribution < -0.4 is 37.2 Å². The van der Waals surface area contributed by atoms with Gasteiger partial charge in [-0.3, -0.25) is 0 Å². The molecule has 148 valence electrons. The first-order valence-electron chi connectivity index (χ1n) is 9.04. The molecule has 0 bridgehead atoms. The molecule has 0 nitrogen and oxygen atoms in total. The summed E-state index contributed by atoms with van der Waals surface area (Å²) in [5.74, 6) is 0. The topological polar surface area (TPSA) is 0 Å². The number of hydrogen-bond donors (Lipinski definition) is 0. The van der Waals surface area contributed by atoms with Crippen molar-refractivity contribution in [1.82, 2.24) is 0 Å². The second-order valence-corrected chi connectivity index (χ2v) is 6.85. The Morgan fingerprint density at radius 1 is 0.714 bits per heavy atom. The van der Waals surface area contributed by atoms with Gasteiger partial charge in [0.15, 0.2) is 0 Å². The van der Waals surface area contributed by atoms with E-state index in [1.807, 2.05) is 0 Å². The summed E-state index contributed by atoms with van der Waals surface area (Å²) in [7, 11) is 0. The van der Waals surface area contributed by atoms with Crippen molar-refractivity contribution in [3.05, 3.63) is 101 Å². The van der Waals surface area contributed by atoms with Gasteiger partial charge in [0.05, 0.1) is 0 Å². The summed E-state index contributed by atoms with van der Waals surface area (Å²) in [6, 6.07) is 26.9. The Balaban J connectivity index is 0. The summed E-state index contributed by atoms with van der Waals surface area (Å²) >= 11 is 0. The summed E-state index contributed by atoms with van der Waals surface area (Å²) in [6.45, 7) is 6.72. The monoisotopic (exact) mass is 468 g/mol. The quantitative estimate of drug-likeness (QED) is 0.278. The van der Waals surface area contributed by atoms with Crippen LogP contribution in [0.15, 0.2) is 72.8 Å². The van der Waals surface area contributed by atoms with E-state index >= 15 is 0 Å². The maximum absolute atomic E-state index is 2.39. The summed E-state index contributed by atoms with van der Waals surface area (Å²) in [6.07, 6.45) is 3.56. The van der Waals surface area contributed by atoms with Crippen LogP contribution in [0.2, 0.25) is 0 Å². The van der Waals surface area contributed by atoms with Gasteiger partial charge in [-0.05, 0) is 17.5 Å². The van der Waals surface area contributed by atoms with E-state index in [4.69, 9.17) is 0 Å². The standard InChI is InChI=1S/C24H27.3ClH.Ti/c1-4-5-16-24(21-12-8-6-9-13-21,22-14-10-7-11-15-22)23-17-19(2)20(3)18-23;;;;/h6-15,17-18H,4-5,16H2,1-3H3;3*1H;/q-1;;;;+4/p-3. The van der Waals surface area contributed by atoms with E-state index in [0.29, 0.717) is 0 Å². The van der Waals surface area contributed by atoms with Gasteiger partial charge in [-0.2, -0.15) is 23.3 Å². The number of aryl methyl sites for hydroxylation is 2. The first kappa shape index (κ1) is 29.6. The van der Waals surface area contributed by atoms with Crippen molar-refractivity contribution in [2.24, 2.45) is 0 Å². The molecule has 0 fully saturated rings. The van der Waals surface area contributed by atoms with E-state index < -0.39 is 0 Å². The summed E-state index contributed by atoms with van der Waals surface area (Å²) in [5, 5.41) is 0. The van der Waals surface area contributed by atoms with E-state index in [9.17, 15) is 0 Å². The Bertz CT molecular complexity index is 723. The molecule has 0 unspecified atom stereocenters. The van der Waals surface area contributed by atoms with E-state index in [-0.39, 0.29) is 64.4 Å². The molecule has 0 aliphatic rings. The molecule has 0 N–H and O–H groups in total. The van der Waals surface area contributed by atoms with Crippen molar-refractivity contribution < 1.29 is 58.9 Å². The Morgan fingerprint density at radius 2 is 1.11 bits per heavy atom. The Hall–Kier alpha value is -0.626. The molecule has 0 saturated carbocycles. The fourth-order valence-electron chi connectivity index (χ4n) is 3.80. The van der Waals surface area contributed by atoms with E-state index in [1.165, 1.54) is 40.7 Å². The van der Waals surface area contributed by atoms with Crippen LogP contribution >= 0.6 is 0 Å². The third-order valence-electron chi connectivity index (χ3n) is 5.30. The van der Waals surface area contributed by atoms with Crippen LogP contribution in [0, 0.1) is 13.8 Å². The van der Waals surface area contributed by atoms with Crippen LogP contribution in [0.1, 0.15) is 54.0 Å². The number of unbranched alkanes of at least 4 members (excludes halogenated alkanes) is 1. The maximum Gasteiger partial charge on any atom is 4.00 e. The Labute approximate surface area is 204 Å². The molecular weight excluding hydrogens is 442 g/mol. The normalized spacial score (nSPS) is 9.96. The number of rotatable bonds is 6. The fourth-order valence-corrected chi connectivity index (χ4v) is 3.80. The summed E-state index contributed by atoms with van der Waals surface area (Å²) < 4.78 is 0. The molecule has 0 aliphatic heterocycles. The zero-order valence-corrected chi connectivity index (χ0v) is 20.5. The van der Waals surface area contributed by atoms with Gasteiger partial charge in [0.1, 0.15) is 0 Å². The Kier molecular flexibility index (Phi) is 14.3. The minimum Gasteiger partial charge on any atom is -1.00 e. The zero-order valence-electron chi connectivity index (χ0n) is 16.7. The van der Waals surface area contributed by atoms with Crippen molar-refractivity contribution in [2.45, 2.75) is 45.4 Å². The zero-order chi connectivity index (χ0) is 17.0. The number of hydrogen-bond acceptors (Lipinski definition) is 0. The molecule has 3 rings (SSSR count). The first-order chi connectivity index (χ1) is 11.7. The van der Waals surface area contributed by atoms with Crippen molar-refractivity contribution in [2.75, 3.05) is 0 Å². The van der Waals surface area contributed by atoms with Crippen LogP contribution in [-0.4, -0.2) is 0 Å². The largest absolute Gasteiger partial charge is 4.00 e. The average molecular weight is 470 g/mol. The van der Waals surface area contributed by atoms with E-state index in [1.54, 1.807) is 0 Å². The van der Waals surface area contributed by atoms with Gasteiger partial charge in [-0.25, -0.2) is 0 Å². The predicted molar refractivity (Wildman–Crippen MR) is 104 cm³/mol. The summed E-state index contributed by atoms with van der Waals surface area (Å²) in [5.41, 5.74) is 6.94. The molecule has 0 spiro atoms. The van der Waals surface area contributed by atoms with Crippen LogP contribution in [0.4, 0.5) is 0 Å². The molecule has 0 amide bonds. The number of halogens is 3. The molecule has 0 heterocycles. The van der Waals surface area contributed by atoms with Gasteiger partial charge < -0.3 is 37.2 Å². The van der Waals surface area contributed by atoms with E-state index in [0.717, 1.165) is 6.42 Å².